The van der Waals surface area contributed by atoms with Crippen LogP contribution in [0.4, 0.5) is 0 Å². The molecule has 21 heavy (non-hydrogen) atoms. The molecule has 1 fully saturated rings. The van der Waals surface area contributed by atoms with Crippen LogP contribution in [0.1, 0.15) is 13.8 Å². The van der Waals surface area contributed by atoms with Crippen molar-refractivity contribution in [3.8, 4) is 18.0 Å². The van der Waals surface area contributed by atoms with Crippen molar-refractivity contribution in [1.82, 2.24) is 15.0 Å². The van der Waals surface area contributed by atoms with Gasteiger partial charge in [-0.1, -0.05) is 24.3 Å². The maximum absolute atomic E-state index is 5.44. The molecule has 1 aromatic rings. The summed E-state index contributed by atoms with van der Waals surface area (Å²) in [7, 11) is 0. The van der Waals surface area contributed by atoms with Crippen molar-refractivity contribution in [2.24, 2.45) is 0 Å². The molecular formula is C14H19N3O4. The van der Waals surface area contributed by atoms with Crippen LogP contribution in [-0.4, -0.2) is 47.5 Å². The Bertz CT molecular complexity index is 467. The topological polar surface area (TPSA) is 78.9 Å². The number of nitrogens with zero attached hydrogens (tertiary/aromatic N) is 3. The zero-order chi connectivity index (χ0) is 14.9. The lowest BCUT2D eigenvalue weighted by Gasteiger charge is -2.07. The quantitative estimate of drug-likeness (QED) is 0.505. The summed E-state index contributed by atoms with van der Waals surface area (Å²) in [6, 6.07) is 0.516. The minimum absolute atomic E-state index is 0.126. The predicted molar refractivity (Wildman–Crippen MR) is 75.7 cm³/mol. The first-order valence-corrected chi connectivity index (χ1v) is 6.80. The van der Waals surface area contributed by atoms with Crippen LogP contribution in [0.15, 0.2) is 24.3 Å². The van der Waals surface area contributed by atoms with E-state index in [-0.39, 0.29) is 24.1 Å². The molecule has 0 N–H and O–H groups in total. The van der Waals surface area contributed by atoms with E-state index < -0.39 is 0 Å². The lowest BCUT2D eigenvalue weighted by molar-refractivity contribution is 0.229. The molecule has 0 bridgehead atoms. The molecule has 1 aliphatic heterocycles. The van der Waals surface area contributed by atoms with Gasteiger partial charge in [0.1, 0.15) is 25.9 Å². The standard InChI is InChI=1S/C14H19N3O4/c1-3-5-7-18-12-15-13(19-8-6-4-2)17-14(16-12)21-10-11-9-20-11/h3-6,11H,7-10H2,1-2H3. The summed E-state index contributed by atoms with van der Waals surface area (Å²) in [6.07, 6.45) is 7.59. The molecule has 7 heteroatoms. The van der Waals surface area contributed by atoms with Crippen molar-refractivity contribution in [2.45, 2.75) is 20.0 Å². The molecule has 0 aliphatic carbocycles. The summed E-state index contributed by atoms with van der Waals surface area (Å²) in [5, 5.41) is 0. The first-order valence-electron chi connectivity index (χ1n) is 6.80. The van der Waals surface area contributed by atoms with Gasteiger partial charge in [-0.25, -0.2) is 0 Å². The molecule has 1 saturated heterocycles. The molecule has 2 heterocycles. The van der Waals surface area contributed by atoms with E-state index >= 15 is 0 Å². The van der Waals surface area contributed by atoms with Crippen LogP contribution < -0.4 is 14.2 Å². The van der Waals surface area contributed by atoms with Crippen molar-refractivity contribution < 1.29 is 18.9 Å². The molecule has 114 valence electrons. The average Bonchev–Trinajstić information content (AvgIpc) is 3.30. The SMILES string of the molecule is CC=CCOc1nc(OCC=CC)nc(OCC2CO2)n1. The van der Waals surface area contributed by atoms with Crippen molar-refractivity contribution >= 4 is 0 Å². The lowest BCUT2D eigenvalue weighted by atomic mass is 10.5. The fourth-order valence-corrected chi connectivity index (χ4v) is 1.28. The third kappa shape index (κ3) is 5.78. The van der Waals surface area contributed by atoms with E-state index in [1.165, 1.54) is 0 Å². The van der Waals surface area contributed by atoms with Crippen LogP contribution in [-0.2, 0) is 4.74 Å². The third-order valence-corrected chi connectivity index (χ3v) is 2.46. The monoisotopic (exact) mass is 293 g/mol. The van der Waals surface area contributed by atoms with E-state index in [0.29, 0.717) is 26.4 Å². The smallest absolute Gasteiger partial charge is 0.326 e. The zero-order valence-electron chi connectivity index (χ0n) is 12.2. The van der Waals surface area contributed by atoms with Crippen molar-refractivity contribution in [3.05, 3.63) is 24.3 Å². The van der Waals surface area contributed by atoms with Gasteiger partial charge in [0.15, 0.2) is 0 Å². The first-order chi connectivity index (χ1) is 10.3. The molecule has 1 atom stereocenters. The minimum Gasteiger partial charge on any atom is -0.460 e. The van der Waals surface area contributed by atoms with E-state index in [4.69, 9.17) is 18.9 Å². The number of hydrogen-bond donors (Lipinski definition) is 0. The first kappa shape index (κ1) is 15.2. The van der Waals surface area contributed by atoms with Gasteiger partial charge in [0.05, 0.1) is 6.61 Å². The number of ether oxygens (including phenoxy) is 4. The number of rotatable bonds is 9. The highest BCUT2D eigenvalue weighted by Crippen LogP contribution is 2.17. The van der Waals surface area contributed by atoms with E-state index in [9.17, 15) is 0 Å². The normalized spacial score (nSPS) is 17.3. The van der Waals surface area contributed by atoms with Gasteiger partial charge in [-0.05, 0) is 13.8 Å². The van der Waals surface area contributed by atoms with Crippen LogP contribution in [0, 0.1) is 0 Å². The molecule has 2 rings (SSSR count). The molecule has 0 saturated carbocycles. The van der Waals surface area contributed by atoms with Crippen LogP contribution in [0.2, 0.25) is 0 Å². The van der Waals surface area contributed by atoms with Crippen molar-refractivity contribution in [2.75, 3.05) is 26.4 Å². The fourth-order valence-electron chi connectivity index (χ4n) is 1.28. The fraction of sp³-hybridized carbons (Fsp3) is 0.500. The Balaban J connectivity index is 2.01. The maximum atomic E-state index is 5.44. The highest BCUT2D eigenvalue weighted by molar-refractivity contribution is 5.09. The van der Waals surface area contributed by atoms with Gasteiger partial charge in [0.2, 0.25) is 0 Å². The molecule has 0 aromatic carbocycles. The minimum atomic E-state index is 0.126. The van der Waals surface area contributed by atoms with E-state index in [1.54, 1.807) is 0 Å². The van der Waals surface area contributed by atoms with Gasteiger partial charge >= 0.3 is 18.0 Å². The number of allylic oxidation sites excluding steroid dienone is 2. The molecule has 0 amide bonds. The molecule has 1 aliphatic rings. The maximum Gasteiger partial charge on any atom is 0.326 e. The van der Waals surface area contributed by atoms with Gasteiger partial charge in [-0.2, -0.15) is 0 Å². The Morgan fingerprint density at radius 1 is 0.952 bits per heavy atom. The number of epoxide rings is 1. The summed E-state index contributed by atoms with van der Waals surface area (Å²) in [5.41, 5.74) is 0. The van der Waals surface area contributed by atoms with E-state index in [0.717, 1.165) is 0 Å². The second kappa shape index (κ2) is 8.21. The second-order valence-corrected chi connectivity index (χ2v) is 4.21. The van der Waals surface area contributed by atoms with Crippen LogP contribution in [0.5, 0.6) is 18.0 Å². The Morgan fingerprint density at radius 2 is 1.43 bits per heavy atom. The largest absolute Gasteiger partial charge is 0.460 e. The van der Waals surface area contributed by atoms with Crippen LogP contribution in [0.25, 0.3) is 0 Å². The second-order valence-electron chi connectivity index (χ2n) is 4.21. The van der Waals surface area contributed by atoms with Gasteiger partial charge in [-0.15, -0.1) is 15.0 Å². The third-order valence-electron chi connectivity index (χ3n) is 2.46. The van der Waals surface area contributed by atoms with Gasteiger partial charge < -0.3 is 18.9 Å². The average molecular weight is 293 g/mol. The number of hydrogen-bond acceptors (Lipinski definition) is 7. The lowest BCUT2D eigenvalue weighted by Crippen LogP contribution is -2.10. The molecule has 7 nitrogen and oxygen atoms in total. The highest BCUT2D eigenvalue weighted by Gasteiger charge is 2.24. The summed E-state index contributed by atoms with van der Waals surface area (Å²) >= 11 is 0. The molecule has 0 spiro atoms. The molecule has 0 radical (unpaired) electrons. The summed E-state index contributed by atoms with van der Waals surface area (Å²) < 4.78 is 21.3. The molecular weight excluding hydrogens is 274 g/mol. The van der Waals surface area contributed by atoms with Gasteiger partial charge in [0.25, 0.3) is 0 Å². The van der Waals surface area contributed by atoms with Crippen molar-refractivity contribution in [1.29, 1.82) is 0 Å². The Kier molecular flexibility index (Phi) is 5.96. The summed E-state index contributed by atoms with van der Waals surface area (Å²) in [5.74, 6) is 0. The Labute approximate surface area is 123 Å². The van der Waals surface area contributed by atoms with E-state index in [2.05, 4.69) is 15.0 Å². The van der Waals surface area contributed by atoms with Gasteiger partial charge in [-0.3, -0.25) is 0 Å². The predicted octanol–water partition coefficient (Wildman–Crippen LogP) is 1.56. The molecule has 1 aromatic heterocycles. The van der Waals surface area contributed by atoms with E-state index in [1.807, 2.05) is 38.2 Å². The highest BCUT2D eigenvalue weighted by atomic mass is 16.6. The summed E-state index contributed by atoms with van der Waals surface area (Å²) in [4.78, 5) is 12.2. The van der Waals surface area contributed by atoms with Crippen molar-refractivity contribution in [3.63, 3.8) is 0 Å². The Hall–Kier alpha value is -2.15. The molecule has 1 unspecified atom stereocenters. The zero-order valence-corrected chi connectivity index (χ0v) is 12.2. The van der Waals surface area contributed by atoms with Gasteiger partial charge in [0, 0.05) is 0 Å². The number of aromatic nitrogens is 3. The van der Waals surface area contributed by atoms with Crippen LogP contribution >= 0.6 is 0 Å². The Morgan fingerprint density at radius 3 is 1.86 bits per heavy atom. The van der Waals surface area contributed by atoms with Crippen LogP contribution in [0.3, 0.4) is 0 Å². The summed E-state index contributed by atoms with van der Waals surface area (Å²) in [6.45, 7) is 5.69.